The Labute approximate surface area is 188 Å². The lowest BCUT2D eigenvalue weighted by atomic mass is 10.1. The van der Waals surface area contributed by atoms with E-state index in [2.05, 4.69) is 53.0 Å². The molecule has 0 bridgehead atoms. The number of rotatable bonds is 9. The SMILES string of the molecule is COc1ccc(CN/N=C\c2cccc(OCc3cccc4ccccc34)c2)cc1OC. The Morgan fingerprint density at radius 3 is 2.50 bits per heavy atom. The van der Waals surface area contributed by atoms with Crippen molar-refractivity contribution in [3.8, 4) is 17.2 Å². The second-order valence-corrected chi connectivity index (χ2v) is 7.28. The van der Waals surface area contributed by atoms with Gasteiger partial charge in [-0.25, -0.2) is 0 Å². The van der Waals surface area contributed by atoms with E-state index >= 15 is 0 Å². The lowest BCUT2D eigenvalue weighted by molar-refractivity contribution is 0.307. The van der Waals surface area contributed by atoms with Crippen LogP contribution in [0.2, 0.25) is 0 Å². The number of nitrogens with one attached hydrogen (secondary N) is 1. The topological polar surface area (TPSA) is 52.1 Å². The number of hydrogen-bond donors (Lipinski definition) is 1. The zero-order valence-corrected chi connectivity index (χ0v) is 18.2. The van der Waals surface area contributed by atoms with Crippen LogP contribution in [0.25, 0.3) is 10.8 Å². The van der Waals surface area contributed by atoms with E-state index in [-0.39, 0.29) is 0 Å². The maximum atomic E-state index is 6.06. The standard InChI is InChI=1S/C27H26N2O3/c1-30-26-14-13-21(16-27(26)31-2)18-29-28-17-20-7-5-11-24(15-20)32-19-23-10-6-9-22-8-3-4-12-25(22)23/h3-17,29H,18-19H2,1-2H3/b28-17-. The summed E-state index contributed by atoms with van der Waals surface area (Å²) in [7, 11) is 3.25. The van der Waals surface area contributed by atoms with E-state index < -0.39 is 0 Å². The predicted octanol–water partition coefficient (Wildman–Crippen LogP) is 5.56. The molecule has 0 aliphatic rings. The molecule has 4 rings (SSSR count). The van der Waals surface area contributed by atoms with Crippen molar-refractivity contribution in [3.05, 3.63) is 102 Å². The van der Waals surface area contributed by atoms with Crippen molar-refractivity contribution in [1.82, 2.24) is 5.43 Å². The van der Waals surface area contributed by atoms with Crippen LogP contribution in [0, 0.1) is 0 Å². The maximum absolute atomic E-state index is 6.06. The number of fused-ring (bicyclic) bond motifs is 1. The van der Waals surface area contributed by atoms with Crippen LogP contribution >= 0.6 is 0 Å². The third-order valence-electron chi connectivity index (χ3n) is 5.17. The molecule has 4 aromatic carbocycles. The van der Waals surface area contributed by atoms with Crippen molar-refractivity contribution in [2.24, 2.45) is 5.10 Å². The molecule has 5 heteroatoms. The Bertz CT molecular complexity index is 1220. The molecule has 0 saturated carbocycles. The van der Waals surface area contributed by atoms with E-state index in [9.17, 15) is 0 Å². The van der Waals surface area contributed by atoms with Crippen LogP contribution < -0.4 is 19.6 Å². The molecular formula is C27H26N2O3. The van der Waals surface area contributed by atoms with Gasteiger partial charge in [0.15, 0.2) is 11.5 Å². The number of hydrazone groups is 1. The minimum Gasteiger partial charge on any atom is -0.493 e. The molecule has 0 aliphatic carbocycles. The fraction of sp³-hybridized carbons (Fsp3) is 0.148. The van der Waals surface area contributed by atoms with Crippen LogP contribution in [0.15, 0.2) is 90.0 Å². The first-order chi connectivity index (χ1) is 15.8. The Morgan fingerprint density at radius 1 is 0.812 bits per heavy atom. The lowest BCUT2D eigenvalue weighted by Gasteiger charge is -2.10. The minimum atomic E-state index is 0.513. The number of benzene rings is 4. The van der Waals surface area contributed by atoms with Gasteiger partial charge in [-0.2, -0.15) is 5.10 Å². The third-order valence-corrected chi connectivity index (χ3v) is 5.17. The summed E-state index contributed by atoms with van der Waals surface area (Å²) in [5, 5.41) is 6.77. The Hall–Kier alpha value is -3.99. The fourth-order valence-electron chi connectivity index (χ4n) is 3.51. The molecule has 1 N–H and O–H groups in total. The first-order valence-electron chi connectivity index (χ1n) is 10.4. The van der Waals surface area contributed by atoms with Gasteiger partial charge >= 0.3 is 0 Å². The normalized spacial score (nSPS) is 10.9. The molecule has 0 radical (unpaired) electrons. The zero-order chi connectivity index (χ0) is 22.2. The molecule has 0 heterocycles. The third kappa shape index (κ3) is 5.19. The van der Waals surface area contributed by atoms with E-state index in [1.807, 2.05) is 42.5 Å². The molecule has 0 amide bonds. The summed E-state index contributed by atoms with van der Waals surface area (Å²) < 4.78 is 16.7. The Balaban J connectivity index is 1.35. The average Bonchev–Trinajstić information content (AvgIpc) is 2.85. The monoisotopic (exact) mass is 426 g/mol. The Kier molecular flexibility index (Phi) is 6.88. The van der Waals surface area contributed by atoms with E-state index in [4.69, 9.17) is 14.2 Å². The van der Waals surface area contributed by atoms with Crippen LogP contribution in [0.3, 0.4) is 0 Å². The summed E-state index contributed by atoms with van der Waals surface area (Å²) in [6.45, 7) is 1.09. The maximum Gasteiger partial charge on any atom is 0.161 e. The van der Waals surface area contributed by atoms with Gasteiger partial charge in [0.1, 0.15) is 12.4 Å². The van der Waals surface area contributed by atoms with Gasteiger partial charge in [-0.1, -0.05) is 60.7 Å². The van der Waals surface area contributed by atoms with Gasteiger partial charge in [0.25, 0.3) is 0 Å². The molecule has 5 nitrogen and oxygen atoms in total. The van der Waals surface area contributed by atoms with Gasteiger partial charge in [-0.15, -0.1) is 0 Å². The van der Waals surface area contributed by atoms with Crippen molar-refractivity contribution in [2.45, 2.75) is 13.2 Å². The second-order valence-electron chi connectivity index (χ2n) is 7.28. The number of nitrogens with zero attached hydrogens (tertiary/aromatic N) is 1. The summed E-state index contributed by atoms with van der Waals surface area (Å²) in [6, 6.07) is 28.3. The molecule has 4 aromatic rings. The molecule has 162 valence electrons. The van der Waals surface area contributed by atoms with Crippen molar-refractivity contribution >= 4 is 17.0 Å². The zero-order valence-electron chi connectivity index (χ0n) is 18.2. The summed E-state index contributed by atoms with van der Waals surface area (Å²) in [5.74, 6) is 2.22. The van der Waals surface area contributed by atoms with Gasteiger partial charge in [-0.3, -0.25) is 0 Å². The van der Waals surface area contributed by atoms with Crippen LogP contribution in [-0.2, 0) is 13.2 Å². The molecule has 0 saturated heterocycles. The van der Waals surface area contributed by atoms with Crippen LogP contribution in [0.5, 0.6) is 17.2 Å². The summed E-state index contributed by atoms with van der Waals surface area (Å²) >= 11 is 0. The smallest absolute Gasteiger partial charge is 0.161 e. The Morgan fingerprint density at radius 2 is 1.62 bits per heavy atom. The molecular weight excluding hydrogens is 400 g/mol. The van der Waals surface area contributed by atoms with E-state index in [1.165, 1.54) is 16.3 Å². The average molecular weight is 427 g/mol. The van der Waals surface area contributed by atoms with Gasteiger partial charge in [0, 0.05) is 0 Å². The molecule has 0 spiro atoms. The summed E-state index contributed by atoms with van der Waals surface area (Å²) in [5.41, 5.74) is 6.24. The highest BCUT2D eigenvalue weighted by Gasteiger charge is 2.04. The van der Waals surface area contributed by atoms with Crippen LogP contribution in [-0.4, -0.2) is 20.4 Å². The lowest BCUT2D eigenvalue weighted by Crippen LogP contribution is -2.06. The van der Waals surface area contributed by atoms with Crippen LogP contribution in [0.4, 0.5) is 0 Å². The first-order valence-corrected chi connectivity index (χ1v) is 10.4. The molecule has 0 aromatic heterocycles. The van der Waals surface area contributed by atoms with Gasteiger partial charge in [-0.05, 0) is 51.7 Å². The highest BCUT2D eigenvalue weighted by atomic mass is 16.5. The van der Waals surface area contributed by atoms with Crippen molar-refractivity contribution in [2.75, 3.05) is 14.2 Å². The fourth-order valence-corrected chi connectivity index (χ4v) is 3.51. The minimum absolute atomic E-state index is 0.513. The largest absolute Gasteiger partial charge is 0.493 e. The van der Waals surface area contributed by atoms with Gasteiger partial charge < -0.3 is 19.6 Å². The van der Waals surface area contributed by atoms with Gasteiger partial charge in [0.05, 0.1) is 27.0 Å². The highest BCUT2D eigenvalue weighted by Crippen LogP contribution is 2.27. The summed E-state index contributed by atoms with van der Waals surface area (Å²) in [6.07, 6.45) is 1.78. The molecule has 0 unspecified atom stereocenters. The highest BCUT2D eigenvalue weighted by molar-refractivity contribution is 5.85. The van der Waals surface area contributed by atoms with Crippen molar-refractivity contribution in [3.63, 3.8) is 0 Å². The van der Waals surface area contributed by atoms with Crippen LogP contribution in [0.1, 0.15) is 16.7 Å². The molecule has 0 atom stereocenters. The quantitative estimate of drug-likeness (QED) is 0.281. The predicted molar refractivity (Wildman–Crippen MR) is 129 cm³/mol. The van der Waals surface area contributed by atoms with E-state index in [0.29, 0.717) is 24.7 Å². The number of hydrogen-bond acceptors (Lipinski definition) is 5. The number of methoxy groups -OCH3 is 2. The molecule has 32 heavy (non-hydrogen) atoms. The first kappa shape index (κ1) is 21.2. The van der Waals surface area contributed by atoms with E-state index in [1.54, 1.807) is 20.4 Å². The van der Waals surface area contributed by atoms with Crippen molar-refractivity contribution < 1.29 is 14.2 Å². The molecule has 0 fully saturated rings. The number of ether oxygens (including phenoxy) is 3. The second kappa shape index (κ2) is 10.4. The van der Waals surface area contributed by atoms with Crippen molar-refractivity contribution in [1.29, 1.82) is 0 Å². The van der Waals surface area contributed by atoms with E-state index in [0.717, 1.165) is 16.9 Å². The summed E-state index contributed by atoms with van der Waals surface area (Å²) in [4.78, 5) is 0. The van der Waals surface area contributed by atoms with Gasteiger partial charge in [0.2, 0.25) is 0 Å². The molecule has 0 aliphatic heterocycles.